The molecule has 0 radical (unpaired) electrons. The lowest BCUT2D eigenvalue weighted by Gasteiger charge is -2.49. The van der Waals surface area contributed by atoms with Crippen LogP contribution in [0.5, 0.6) is 0 Å². The molecule has 1 fully saturated rings. The third-order valence-corrected chi connectivity index (χ3v) is 5.80. The van der Waals surface area contributed by atoms with Crippen molar-refractivity contribution in [1.29, 1.82) is 0 Å². The molecule has 0 saturated carbocycles. The van der Waals surface area contributed by atoms with Crippen LogP contribution in [0.1, 0.15) is 81.6 Å². The maximum atomic E-state index is 9.79. The molecule has 0 aromatic rings. The van der Waals surface area contributed by atoms with Crippen LogP contribution in [0.15, 0.2) is 0 Å². The zero-order valence-corrected chi connectivity index (χ0v) is 20.5. The average molecular weight is 417 g/mol. The Morgan fingerprint density at radius 2 is 1.41 bits per heavy atom. The lowest BCUT2D eigenvalue weighted by Crippen LogP contribution is -2.61. The van der Waals surface area contributed by atoms with E-state index in [1.165, 1.54) is 0 Å². The van der Waals surface area contributed by atoms with Crippen molar-refractivity contribution in [2.45, 2.75) is 116 Å². The number of aliphatic hydroxyl groups excluding tert-OH is 2. The van der Waals surface area contributed by atoms with Crippen molar-refractivity contribution >= 4 is 0 Å². The molecule has 1 unspecified atom stereocenters. The number of hydrogen-bond donors (Lipinski definition) is 3. The standard InChI is InChI=1S/C23H48N2O4/c1-10-18(26)13-24-20(2,3)16-22(6,7)28-11-12-29-23(8,9)17-21(4,5)25-14-19(27)15-25/h18-19,24,26-27H,10-17H2,1-9H3. The van der Waals surface area contributed by atoms with Gasteiger partial charge in [0.05, 0.1) is 36.6 Å². The highest BCUT2D eigenvalue weighted by Gasteiger charge is 2.40. The molecule has 6 nitrogen and oxygen atoms in total. The van der Waals surface area contributed by atoms with Crippen molar-refractivity contribution in [3.63, 3.8) is 0 Å². The molecular formula is C23H48N2O4. The Morgan fingerprint density at radius 3 is 1.86 bits per heavy atom. The minimum atomic E-state index is -0.308. The van der Waals surface area contributed by atoms with Crippen LogP contribution in [0.4, 0.5) is 0 Å². The summed E-state index contributed by atoms with van der Waals surface area (Å²) in [7, 11) is 0. The summed E-state index contributed by atoms with van der Waals surface area (Å²) in [6.45, 7) is 22.4. The highest BCUT2D eigenvalue weighted by Crippen LogP contribution is 2.32. The summed E-state index contributed by atoms with van der Waals surface area (Å²) in [6.07, 6.45) is 2.00. The van der Waals surface area contributed by atoms with E-state index in [4.69, 9.17) is 9.47 Å². The lowest BCUT2D eigenvalue weighted by molar-refractivity contribution is -0.121. The summed E-state index contributed by atoms with van der Waals surface area (Å²) in [5, 5.41) is 22.8. The van der Waals surface area contributed by atoms with E-state index in [9.17, 15) is 10.2 Å². The van der Waals surface area contributed by atoms with Crippen LogP contribution in [0.2, 0.25) is 0 Å². The molecule has 29 heavy (non-hydrogen) atoms. The molecule has 1 rings (SSSR count). The third-order valence-electron chi connectivity index (χ3n) is 5.80. The maximum Gasteiger partial charge on any atom is 0.0794 e. The SMILES string of the molecule is CCC(O)CNC(C)(C)CC(C)(C)OCCOC(C)(C)CC(C)(C)N1CC(O)C1. The number of β-amino-alcohol motifs (C(OH)–C–C–N with tert-alkyl or cyclic N) is 2. The molecule has 0 aliphatic carbocycles. The normalized spacial score (nSPS) is 18.7. The molecule has 3 N–H and O–H groups in total. The van der Waals surface area contributed by atoms with E-state index in [1.807, 2.05) is 6.92 Å². The molecule has 1 atom stereocenters. The van der Waals surface area contributed by atoms with Crippen LogP contribution in [0.3, 0.4) is 0 Å². The van der Waals surface area contributed by atoms with Crippen molar-refractivity contribution in [2.24, 2.45) is 0 Å². The van der Waals surface area contributed by atoms with E-state index in [1.54, 1.807) is 0 Å². The molecular weight excluding hydrogens is 368 g/mol. The molecule has 0 spiro atoms. The number of likely N-dealkylation sites (tertiary alicyclic amines) is 1. The van der Waals surface area contributed by atoms with E-state index >= 15 is 0 Å². The molecule has 6 heteroatoms. The quantitative estimate of drug-likeness (QED) is 0.378. The number of nitrogens with zero attached hydrogens (tertiary/aromatic N) is 1. The molecule has 1 aliphatic rings. The molecule has 1 saturated heterocycles. The van der Waals surface area contributed by atoms with Gasteiger partial charge in [0.25, 0.3) is 0 Å². The van der Waals surface area contributed by atoms with Gasteiger partial charge in [0.2, 0.25) is 0 Å². The molecule has 174 valence electrons. The van der Waals surface area contributed by atoms with E-state index in [-0.39, 0.29) is 34.5 Å². The molecule has 1 heterocycles. The third kappa shape index (κ3) is 10.1. The van der Waals surface area contributed by atoms with E-state index in [0.29, 0.717) is 19.8 Å². The van der Waals surface area contributed by atoms with Gasteiger partial charge in [-0.3, -0.25) is 4.90 Å². The second kappa shape index (κ2) is 10.4. The van der Waals surface area contributed by atoms with Gasteiger partial charge < -0.3 is 25.0 Å². The van der Waals surface area contributed by atoms with Gasteiger partial charge in [0.15, 0.2) is 0 Å². The number of ether oxygens (including phenoxy) is 2. The van der Waals surface area contributed by atoms with Crippen LogP contribution >= 0.6 is 0 Å². The van der Waals surface area contributed by atoms with Gasteiger partial charge in [-0.1, -0.05) is 6.92 Å². The van der Waals surface area contributed by atoms with Gasteiger partial charge in [0.1, 0.15) is 0 Å². The molecule has 0 aromatic heterocycles. The van der Waals surface area contributed by atoms with Gasteiger partial charge in [-0.25, -0.2) is 0 Å². The van der Waals surface area contributed by atoms with Gasteiger partial charge >= 0.3 is 0 Å². The Labute approximate surface area is 179 Å². The predicted molar refractivity (Wildman–Crippen MR) is 119 cm³/mol. The molecule has 1 aliphatic heterocycles. The fourth-order valence-electron chi connectivity index (χ4n) is 4.51. The van der Waals surface area contributed by atoms with E-state index < -0.39 is 0 Å². The first-order chi connectivity index (χ1) is 13.1. The van der Waals surface area contributed by atoms with Gasteiger partial charge in [-0.15, -0.1) is 0 Å². The van der Waals surface area contributed by atoms with Crippen LogP contribution < -0.4 is 5.32 Å². The zero-order chi connectivity index (χ0) is 22.5. The van der Waals surface area contributed by atoms with Crippen LogP contribution in [-0.4, -0.2) is 82.4 Å². The smallest absolute Gasteiger partial charge is 0.0794 e. The Balaban J connectivity index is 2.37. The first-order valence-electron chi connectivity index (χ1n) is 11.2. The number of rotatable bonds is 14. The largest absolute Gasteiger partial charge is 0.392 e. The minimum Gasteiger partial charge on any atom is -0.392 e. The number of nitrogens with one attached hydrogen (secondary N) is 1. The van der Waals surface area contributed by atoms with Crippen molar-refractivity contribution in [3.05, 3.63) is 0 Å². The Hall–Kier alpha value is -0.240. The number of hydrogen-bond acceptors (Lipinski definition) is 6. The zero-order valence-electron chi connectivity index (χ0n) is 20.5. The van der Waals surface area contributed by atoms with Crippen molar-refractivity contribution in [2.75, 3.05) is 32.8 Å². The summed E-state index contributed by atoms with van der Waals surface area (Å²) < 4.78 is 12.3. The summed E-state index contributed by atoms with van der Waals surface area (Å²) in [5.41, 5.74) is -0.657. The Bertz CT molecular complexity index is 485. The average Bonchev–Trinajstić information content (AvgIpc) is 2.52. The van der Waals surface area contributed by atoms with Crippen LogP contribution in [0.25, 0.3) is 0 Å². The summed E-state index contributed by atoms with van der Waals surface area (Å²) in [4.78, 5) is 2.31. The van der Waals surface area contributed by atoms with Crippen molar-refractivity contribution in [1.82, 2.24) is 10.2 Å². The second-order valence-electron chi connectivity index (χ2n) is 11.3. The summed E-state index contributed by atoms with van der Waals surface area (Å²) in [5.74, 6) is 0. The predicted octanol–water partition coefficient (Wildman–Crippen LogP) is 2.95. The Morgan fingerprint density at radius 1 is 0.931 bits per heavy atom. The monoisotopic (exact) mass is 416 g/mol. The van der Waals surface area contributed by atoms with Crippen molar-refractivity contribution in [3.8, 4) is 0 Å². The highest BCUT2D eigenvalue weighted by atomic mass is 16.5. The summed E-state index contributed by atoms with van der Waals surface area (Å²) in [6, 6.07) is 0. The molecule has 0 aromatic carbocycles. The van der Waals surface area contributed by atoms with Gasteiger partial charge in [-0.2, -0.15) is 0 Å². The lowest BCUT2D eigenvalue weighted by atomic mass is 9.85. The second-order valence-corrected chi connectivity index (χ2v) is 11.3. The van der Waals surface area contributed by atoms with Gasteiger partial charge in [0, 0.05) is 30.7 Å². The fourth-order valence-corrected chi connectivity index (χ4v) is 4.51. The first kappa shape index (κ1) is 26.8. The van der Waals surface area contributed by atoms with Crippen LogP contribution in [-0.2, 0) is 9.47 Å². The summed E-state index contributed by atoms with van der Waals surface area (Å²) >= 11 is 0. The Kier molecular flexibility index (Phi) is 9.59. The van der Waals surface area contributed by atoms with Gasteiger partial charge in [-0.05, 0) is 74.7 Å². The molecule has 0 amide bonds. The first-order valence-corrected chi connectivity index (χ1v) is 11.2. The topological polar surface area (TPSA) is 74.2 Å². The number of aliphatic hydroxyl groups is 2. The fraction of sp³-hybridized carbons (Fsp3) is 1.00. The minimum absolute atomic E-state index is 0.00159. The highest BCUT2D eigenvalue weighted by molar-refractivity contribution is 4.95. The maximum absolute atomic E-state index is 9.79. The van der Waals surface area contributed by atoms with Crippen molar-refractivity contribution < 1.29 is 19.7 Å². The molecule has 0 bridgehead atoms. The van der Waals surface area contributed by atoms with E-state index in [0.717, 1.165) is 32.4 Å². The van der Waals surface area contributed by atoms with Crippen LogP contribution in [0, 0.1) is 0 Å². The van der Waals surface area contributed by atoms with E-state index in [2.05, 4.69) is 65.6 Å².